The number of hydrogen-bond donors (Lipinski definition) is 1. The van der Waals surface area contributed by atoms with Crippen molar-refractivity contribution < 1.29 is 0 Å². The van der Waals surface area contributed by atoms with Crippen molar-refractivity contribution in [1.82, 2.24) is 5.32 Å². The molecule has 98 valence electrons. The molecule has 0 fully saturated rings. The summed E-state index contributed by atoms with van der Waals surface area (Å²) in [6.07, 6.45) is 4.26. The lowest BCUT2D eigenvalue weighted by molar-refractivity contribution is 0.618. The second-order valence-electron chi connectivity index (χ2n) is 4.50. The monoisotopic (exact) mass is 271 g/mol. The fourth-order valence-electron chi connectivity index (χ4n) is 1.90. The Morgan fingerprint density at radius 3 is 2.63 bits per heavy atom. The summed E-state index contributed by atoms with van der Waals surface area (Å²) in [6.45, 7) is 2.98. The van der Waals surface area contributed by atoms with E-state index in [4.69, 9.17) is 11.6 Å². The maximum atomic E-state index is 5.99. The molecule has 1 unspecified atom stereocenters. The van der Waals surface area contributed by atoms with E-state index in [-0.39, 0.29) is 0 Å². The molecule has 0 saturated carbocycles. The molecule has 2 aromatic rings. The molecule has 0 spiro atoms. The SMILES string of the molecule is CC(NCC=Cc1ccccc1)c1cccc(Cl)c1. The minimum absolute atomic E-state index is 0.291. The molecule has 1 nitrogen and oxygen atoms in total. The fraction of sp³-hybridized carbons (Fsp3) is 0.176. The van der Waals surface area contributed by atoms with Crippen LogP contribution in [0.2, 0.25) is 5.02 Å². The van der Waals surface area contributed by atoms with Crippen molar-refractivity contribution in [2.45, 2.75) is 13.0 Å². The van der Waals surface area contributed by atoms with Crippen LogP contribution >= 0.6 is 11.6 Å². The van der Waals surface area contributed by atoms with E-state index in [1.807, 2.05) is 36.4 Å². The highest BCUT2D eigenvalue weighted by atomic mass is 35.5. The molecule has 0 bridgehead atoms. The first-order valence-electron chi connectivity index (χ1n) is 6.46. The predicted octanol–water partition coefficient (Wildman–Crippen LogP) is 4.70. The van der Waals surface area contributed by atoms with Gasteiger partial charge >= 0.3 is 0 Å². The molecule has 2 heteroatoms. The van der Waals surface area contributed by atoms with Crippen LogP contribution in [-0.2, 0) is 0 Å². The fourth-order valence-corrected chi connectivity index (χ4v) is 2.10. The molecule has 0 radical (unpaired) electrons. The summed E-state index contributed by atoms with van der Waals surface area (Å²) in [7, 11) is 0. The predicted molar refractivity (Wildman–Crippen MR) is 83.3 cm³/mol. The van der Waals surface area contributed by atoms with Crippen molar-refractivity contribution in [3.63, 3.8) is 0 Å². The van der Waals surface area contributed by atoms with Crippen molar-refractivity contribution in [1.29, 1.82) is 0 Å². The zero-order valence-electron chi connectivity index (χ0n) is 11.0. The van der Waals surface area contributed by atoms with Crippen LogP contribution in [0.25, 0.3) is 6.08 Å². The van der Waals surface area contributed by atoms with Crippen LogP contribution in [0, 0.1) is 0 Å². The van der Waals surface area contributed by atoms with E-state index >= 15 is 0 Å². The van der Waals surface area contributed by atoms with Crippen molar-refractivity contribution in [2.75, 3.05) is 6.54 Å². The van der Waals surface area contributed by atoms with Gasteiger partial charge in [-0.15, -0.1) is 0 Å². The Balaban J connectivity index is 1.84. The van der Waals surface area contributed by atoms with Crippen molar-refractivity contribution in [3.05, 3.63) is 76.8 Å². The van der Waals surface area contributed by atoms with Gasteiger partial charge in [0.15, 0.2) is 0 Å². The summed E-state index contributed by atoms with van der Waals surface area (Å²) >= 11 is 5.99. The molecule has 19 heavy (non-hydrogen) atoms. The molecule has 0 aromatic heterocycles. The maximum Gasteiger partial charge on any atom is 0.0409 e. The molecular formula is C17H18ClN. The van der Waals surface area contributed by atoms with Gasteiger partial charge in [0.2, 0.25) is 0 Å². The van der Waals surface area contributed by atoms with Crippen molar-refractivity contribution in [2.24, 2.45) is 0 Å². The number of hydrogen-bond acceptors (Lipinski definition) is 1. The molecular weight excluding hydrogens is 254 g/mol. The van der Waals surface area contributed by atoms with Crippen LogP contribution in [0.5, 0.6) is 0 Å². The molecule has 0 amide bonds. The van der Waals surface area contributed by atoms with Crippen LogP contribution in [0.4, 0.5) is 0 Å². The summed E-state index contributed by atoms with van der Waals surface area (Å²) in [5.41, 5.74) is 2.43. The Morgan fingerprint density at radius 1 is 1.11 bits per heavy atom. The average molecular weight is 272 g/mol. The first-order valence-corrected chi connectivity index (χ1v) is 6.84. The number of nitrogens with one attached hydrogen (secondary N) is 1. The van der Waals surface area contributed by atoms with Gasteiger partial charge in [-0.1, -0.05) is 66.2 Å². The molecule has 0 aliphatic rings. The average Bonchev–Trinajstić information content (AvgIpc) is 2.44. The smallest absolute Gasteiger partial charge is 0.0409 e. The van der Waals surface area contributed by atoms with E-state index in [0.29, 0.717) is 6.04 Å². The van der Waals surface area contributed by atoms with Crippen LogP contribution < -0.4 is 5.32 Å². The first-order chi connectivity index (χ1) is 9.25. The van der Waals surface area contributed by atoms with Gasteiger partial charge < -0.3 is 5.32 Å². The summed E-state index contributed by atoms with van der Waals surface area (Å²) < 4.78 is 0. The lowest BCUT2D eigenvalue weighted by atomic mass is 10.1. The Hall–Kier alpha value is -1.57. The summed E-state index contributed by atoms with van der Waals surface area (Å²) in [6, 6.07) is 18.6. The molecule has 2 aromatic carbocycles. The largest absolute Gasteiger partial charge is 0.307 e. The van der Waals surface area contributed by atoms with Gasteiger partial charge in [-0.3, -0.25) is 0 Å². The van der Waals surface area contributed by atoms with E-state index in [0.717, 1.165) is 11.6 Å². The first kappa shape index (κ1) is 13.9. The molecule has 1 atom stereocenters. The lowest BCUT2D eigenvalue weighted by Gasteiger charge is -2.12. The zero-order chi connectivity index (χ0) is 13.5. The minimum atomic E-state index is 0.291. The second kappa shape index (κ2) is 7.13. The third kappa shape index (κ3) is 4.55. The molecule has 0 saturated heterocycles. The number of benzene rings is 2. The Morgan fingerprint density at radius 2 is 1.89 bits per heavy atom. The van der Waals surface area contributed by atoms with Crippen LogP contribution in [0.3, 0.4) is 0 Å². The molecule has 1 N–H and O–H groups in total. The molecule has 0 aliphatic carbocycles. The third-order valence-electron chi connectivity index (χ3n) is 3.00. The number of halogens is 1. The summed E-state index contributed by atoms with van der Waals surface area (Å²) in [4.78, 5) is 0. The van der Waals surface area contributed by atoms with Gasteiger partial charge in [-0.25, -0.2) is 0 Å². The Labute approximate surface area is 119 Å². The zero-order valence-corrected chi connectivity index (χ0v) is 11.8. The van der Waals surface area contributed by atoms with Crippen LogP contribution in [0.1, 0.15) is 24.1 Å². The van der Waals surface area contributed by atoms with Crippen molar-refractivity contribution >= 4 is 17.7 Å². The van der Waals surface area contributed by atoms with Crippen molar-refractivity contribution in [3.8, 4) is 0 Å². The minimum Gasteiger partial charge on any atom is -0.307 e. The van der Waals surface area contributed by atoms with E-state index < -0.39 is 0 Å². The molecule has 0 aliphatic heterocycles. The van der Waals surface area contributed by atoms with Gasteiger partial charge in [0.25, 0.3) is 0 Å². The number of rotatable bonds is 5. The van der Waals surface area contributed by atoms with E-state index in [2.05, 4.69) is 42.6 Å². The van der Waals surface area contributed by atoms with E-state index in [1.165, 1.54) is 11.1 Å². The highest BCUT2D eigenvalue weighted by Crippen LogP contribution is 2.17. The van der Waals surface area contributed by atoms with Crippen LogP contribution in [0.15, 0.2) is 60.7 Å². The summed E-state index contributed by atoms with van der Waals surface area (Å²) in [5, 5.41) is 4.23. The highest BCUT2D eigenvalue weighted by Gasteiger charge is 2.03. The highest BCUT2D eigenvalue weighted by molar-refractivity contribution is 6.30. The van der Waals surface area contributed by atoms with Gasteiger partial charge in [0.05, 0.1) is 0 Å². The Bertz CT molecular complexity index is 534. The quantitative estimate of drug-likeness (QED) is 0.831. The third-order valence-corrected chi connectivity index (χ3v) is 3.24. The summed E-state index contributed by atoms with van der Waals surface area (Å²) in [5.74, 6) is 0. The van der Waals surface area contributed by atoms with Gasteiger partial charge in [0, 0.05) is 17.6 Å². The second-order valence-corrected chi connectivity index (χ2v) is 4.93. The van der Waals surface area contributed by atoms with E-state index in [1.54, 1.807) is 0 Å². The normalized spacial score (nSPS) is 12.7. The Kier molecular flexibility index (Phi) is 5.20. The standard InChI is InChI=1S/C17H18ClN/c1-14(16-10-5-11-17(18)13-16)19-12-6-9-15-7-3-2-4-8-15/h2-11,13-14,19H,12H2,1H3. The molecule has 2 rings (SSSR count). The van der Waals surface area contributed by atoms with Gasteiger partial charge in [0.1, 0.15) is 0 Å². The maximum absolute atomic E-state index is 5.99. The topological polar surface area (TPSA) is 12.0 Å². The van der Waals surface area contributed by atoms with E-state index in [9.17, 15) is 0 Å². The molecule has 0 heterocycles. The van der Waals surface area contributed by atoms with Gasteiger partial charge in [-0.2, -0.15) is 0 Å². The van der Waals surface area contributed by atoms with Gasteiger partial charge in [-0.05, 0) is 30.2 Å². The lowest BCUT2D eigenvalue weighted by Crippen LogP contribution is -2.18. The van der Waals surface area contributed by atoms with Crippen LogP contribution in [-0.4, -0.2) is 6.54 Å².